The van der Waals surface area contributed by atoms with E-state index in [4.69, 9.17) is 0 Å². The van der Waals surface area contributed by atoms with Crippen LogP contribution in [0.25, 0.3) is 0 Å². The minimum Gasteiger partial charge on any atom is -0.0748 e. The van der Waals surface area contributed by atoms with E-state index in [2.05, 4.69) is 48.9 Å². The van der Waals surface area contributed by atoms with Gasteiger partial charge in [-0.2, -0.15) is 0 Å². The molecule has 0 aliphatic rings. The van der Waals surface area contributed by atoms with E-state index in [0.717, 1.165) is 0 Å². The summed E-state index contributed by atoms with van der Waals surface area (Å²) in [5.41, 5.74) is 2.62. The molecule has 9 heavy (non-hydrogen) atoms. The summed E-state index contributed by atoms with van der Waals surface area (Å²) in [5, 5.41) is 0. The van der Waals surface area contributed by atoms with Gasteiger partial charge < -0.3 is 0 Å². The van der Waals surface area contributed by atoms with Gasteiger partial charge in [0.2, 0.25) is 0 Å². The molecule has 1 rings (SSSR count). The first-order chi connectivity index (χ1) is 4.20. The van der Waals surface area contributed by atoms with Gasteiger partial charge in [0, 0.05) is 4.47 Å². The highest BCUT2D eigenvalue weighted by molar-refractivity contribution is 9.10. The van der Waals surface area contributed by atoms with Crippen LogP contribution in [0.4, 0.5) is 0 Å². The second kappa shape index (κ2) is 2.57. The van der Waals surface area contributed by atoms with E-state index < -0.39 is 0 Å². The molecule has 0 unspecified atom stereocenters. The first-order valence-electron chi connectivity index (χ1n) is 2.93. The van der Waals surface area contributed by atoms with E-state index in [1.54, 1.807) is 0 Å². The Balaban J connectivity index is 3.17. The van der Waals surface area contributed by atoms with Crippen LogP contribution in [0.2, 0.25) is 0 Å². The van der Waals surface area contributed by atoms with Crippen LogP contribution < -0.4 is 5.46 Å². The van der Waals surface area contributed by atoms with Crippen molar-refractivity contribution in [1.82, 2.24) is 0 Å². The van der Waals surface area contributed by atoms with Crippen molar-refractivity contribution in [2.75, 3.05) is 0 Å². The summed E-state index contributed by atoms with van der Waals surface area (Å²) >= 11 is 3.43. The first-order valence-corrected chi connectivity index (χ1v) is 3.72. The molecule has 0 heterocycles. The Hall–Kier alpha value is -0.235. The summed E-state index contributed by atoms with van der Waals surface area (Å²) in [5.74, 6) is 0. The van der Waals surface area contributed by atoms with Gasteiger partial charge in [0.1, 0.15) is 7.85 Å². The zero-order valence-corrected chi connectivity index (χ0v) is 7.20. The van der Waals surface area contributed by atoms with Crippen molar-refractivity contribution in [3.8, 4) is 0 Å². The van der Waals surface area contributed by atoms with E-state index in [0.29, 0.717) is 0 Å². The molecule has 0 fully saturated rings. The van der Waals surface area contributed by atoms with Gasteiger partial charge >= 0.3 is 0 Å². The fraction of sp³-hybridized carbons (Fsp3) is 0.143. The quantitative estimate of drug-likeness (QED) is 0.526. The Morgan fingerprint density at radius 2 is 2.11 bits per heavy atom. The van der Waals surface area contributed by atoms with Crippen LogP contribution in [0.1, 0.15) is 5.56 Å². The number of halogens is 1. The van der Waals surface area contributed by atoms with Crippen molar-refractivity contribution >= 4 is 29.2 Å². The van der Waals surface area contributed by atoms with Gasteiger partial charge in [-0.1, -0.05) is 39.1 Å². The lowest BCUT2D eigenvalue weighted by Crippen LogP contribution is -2.03. The Morgan fingerprint density at radius 1 is 1.44 bits per heavy atom. The predicted octanol–water partition coefficient (Wildman–Crippen LogP) is 1.02. The first kappa shape index (κ1) is 6.88. The zero-order chi connectivity index (χ0) is 6.85. The van der Waals surface area contributed by atoms with Crippen LogP contribution in [0.3, 0.4) is 0 Å². The number of aryl methyl sites for hydroxylation is 1. The smallest absolute Gasteiger partial charge is 0.0748 e. The van der Waals surface area contributed by atoms with Crippen LogP contribution in [-0.2, 0) is 0 Å². The second-order valence-corrected chi connectivity index (χ2v) is 3.11. The summed E-state index contributed by atoms with van der Waals surface area (Å²) in [6, 6.07) is 6.33. The van der Waals surface area contributed by atoms with Crippen LogP contribution in [-0.4, -0.2) is 7.85 Å². The highest BCUT2D eigenvalue weighted by Crippen LogP contribution is 2.05. The van der Waals surface area contributed by atoms with E-state index in [-0.39, 0.29) is 0 Å². The summed E-state index contributed by atoms with van der Waals surface area (Å²) < 4.78 is 1.19. The molecule has 1 aromatic rings. The predicted molar refractivity (Wildman–Crippen MR) is 47.1 cm³/mol. The fourth-order valence-corrected chi connectivity index (χ4v) is 1.04. The van der Waals surface area contributed by atoms with Gasteiger partial charge in [-0.15, -0.1) is 0 Å². The summed E-state index contributed by atoms with van der Waals surface area (Å²) in [4.78, 5) is 0. The highest BCUT2D eigenvalue weighted by atomic mass is 79.9. The van der Waals surface area contributed by atoms with Crippen LogP contribution in [0, 0.1) is 6.92 Å². The maximum absolute atomic E-state index is 3.43. The van der Waals surface area contributed by atoms with Crippen molar-refractivity contribution < 1.29 is 0 Å². The molecule has 0 aromatic heterocycles. The van der Waals surface area contributed by atoms with E-state index in [9.17, 15) is 0 Å². The Kier molecular flexibility index (Phi) is 1.96. The molecule has 0 aliphatic heterocycles. The topological polar surface area (TPSA) is 0 Å². The van der Waals surface area contributed by atoms with Crippen molar-refractivity contribution in [2.45, 2.75) is 6.92 Å². The molecule has 0 saturated heterocycles. The molecule has 0 spiro atoms. The van der Waals surface area contributed by atoms with E-state index in [1.807, 2.05) is 0 Å². The molecule has 0 saturated carbocycles. The normalized spacial score (nSPS) is 9.56. The molecule has 0 atom stereocenters. The molecule has 0 nitrogen and oxygen atoms in total. The Labute approximate surface area is 64.8 Å². The molecule has 0 N–H and O–H groups in total. The van der Waals surface area contributed by atoms with Gasteiger partial charge in [0.15, 0.2) is 0 Å². The van der Waals surface area contributed by atoms with Crippen LogP contribution in [0.15, 0.2) is 22.7 Å². The number of hydrogen-bond donors (Lipinski definition) is 0. The average Bonchev–Trinajstić information content (AvgIpc) is 1.80. The Bertz CT molecular complexity index is 220. The van der Waals surface area contributed by atoms with Crippen molar-refractivity contribution in [3.05, 3.63) is 28.2 Å². The zero-order valence-electron chi connectivity index (χ0n) is 5.61. The van der Waals surface area contributed by atoms with Crippen LogP contribution in [0.5, 0.6) is 0 Å². The second-order valence-electron chi connectivity index (χ2n) is 2.25. The van der Waals surface area contributed by atoms with Crippen molar-refractivity contribution in [3.63, 3.8) is 0 Å². The average molecular weight is 183 g/mol. The van der Waals surface area contributed by atoms with E-state index in [1.165, 1.54) is 15.5 Å². The van der Waals surface area contributed by atoms with Crippen molar-refractivity contribution in [2.24, 2.45) is 0 Å². The van der Waals surface area contributed by atoms with E-state index >= 15 is 0 Å². The number of rotatable bonds is 0. The molecule has 0 aliphatic carbocycles. The lowest BCUT2D eigenvalue weighted by Gasteiger charge is -1.96. The Morgan fingerprint density at radius 3 is 2.56 bits per heavy atom. The third-order valence-electron chi connectivity index (χ3n) is 1.31. The number of hydrogen-bond acceptors (Lipinski definition) is 0. The lowest BCUT2D eigenvalue weighted by molar-refractivity contribution is 1.48. The third-order valence-corrected chi connectivity index (χ3v) is 2.20. The fourth-order valence-electron chi connectivity index (χ4n) is 0.795. The molecular weight excluding hydrogens is 175 g/mol. The van der Waals surface area contributed by atoms with Crippen LogP contribution >= 0.6 is 15.9 Å². The minimum atomic E-state index is 1.19. The lowest BCUT2D eigenvalue weighted by atomic mass is 9.95. The molecule has 0 bridgehead atoms. The van der Waals surface area contributed by atoms with Gasteiger partial charge in [0.05, 0.1) is 0 Å². The maximum atomic E-state index is 3.43. The third kappa shape index (κ3) is 1.58. The van der Waals surface area contributed by atoms with Gasteiger partial charge in [-0.25, -0.2) is 0 Å². The largest absolute Gasteiger partial charge is 0.140 e. The van der Waals surface area contributed by atoms with Gasteiger partial charge in [0.25, 0.3) is 0 Å². The summed E-state index contributed by atoms with van der Waals surface area (Å²) in [6.45, 7) is 2.10. The molecule has 1 aromatic carbocycles. The van der Waals surface area contributed by atoms with Gasteiger partial charge in [-0.3, -0.25) is 0 Å². The summed E-state index contributed by atoms with van der Waals surface area (Å²) in [6.07, 6.45) is 0. The highest BCUT2D eigenvalue weighted by Gasteiger charge is 1.90. The standard InChI is InChI=1S/C7H8BBr/c1-5-2-3-7(9)6(8)4-5/h2-4H,8H2,1H3. The molecule has 0 radical (unpaired) electrons. The SMILES string of the molecule is Bc1cc(C)ccc1Br. The van der Waals surface area contributed by atoms with Crippen molar-refractivity contribution in [1.29, 1.82) is 0 Å². The molecular formula is C7H8BBr. The van der Waals surface area contributed by atoms with Gasteiger partial charge in [-0.05, 0) is 13.0 Å². The summed E-state index contributed by atoms with van der Waals surface area (Å²) in [7, 11) is 2.09. The molecule has 0 amide bonds. The molecule has 46 valence electrons. The number of benzene rings is 1. The monoisotopic (exact) mass is 182 g/mol. The minimum absolute atomic E-state index is 1.19. The molecule has 2 heteroatoms. The maximum Gasteiger partial charge on any atom is 0.140 e.